The first-order chi connectivity index (χ1) is 8.77. The molecule has 0 saturated heterocycles. The maximum absolute atomic E-state index is 2.52. The van der Waals surface area contributed by atoms with Crippen LogP contribution in [0.25, 0.3) is 0 Å². The maximum Gasteiger partial charge on any atom is 0.0626 e. The Bertz CT molecular complexity index is 149. The minimum Gasteiger partial charge on any atom is -0.0864 e. The van der Waals surface area contributed by atoms with Crippen LogP contribution in [0.3, 0.4) is 0 Å². The molecule has 0 rings (SSSR count). The second-order valence-electron chi connectivity index (χ2n) is 5.11. The highest BCUT2D eigenvalue weighted by Gasteiger charge is 1.97. The highest BCUT2D eigenvalue weighted by Crippen LogP contribution is 2.19. The van der Waals surface area contributed by atoms with E-state index in [1.165, 1.54) is 87.9 Å². The summed E-state index contributed by atoms with van der Waals surface area (Å²) in [7, 11) is 0. The fraction of sp³-hybridized carbons (Fsp3) is 1.00. The molecular formula is C15H29I3. The van der Waals surface area contributed by atoms with E-state index in [2.05, 4.69) is 67.8 Å². The van der Waals surface area contributed by atoms with Crippen LogP contribution in [0.4, 0.5) is 0 Å². The van der Waals surface area contributed by atoms with Crippen molar-refractivity contribution in [2.45, 2.75) is 85.4 Å². The van der Waals surface area contributed by atoms with Gasteiger partial charge in [0.2, 0.25) is 0 Å². The lowest BCUT2D eigenvalue weighted by atomic mass is 10.1. The Labute approximate surface area is 156 Å². The average molecular weight is 590 g/mol. The number of hydrogen-bond acceptors (Lipinski definition) is 0. The molecule has 0 radical (unpaired) electrons. The monoisotopic (exact) mass is 590 g/mol. The van der Waals surface area contributed by atoms with Crippen LogP contribution in [0.5, 0.6) is 0 Å². The van der Waals surface area contributed by atoms with Gasteiger partial charge in [0, 0.05) is 0 Å². The summed E-state index contributed by atoms with van der Waals surface area (Å²) in [6, 6.07) is 0. The predicted octanol–water partition coefficient (Wildman–Crippen LogP) is 7.69. The van der Waals surface area contributed by atoms with Crippen molar-refractivity contribution in [3.05, 3.63) is 0 Å². The molecule has 110 valence electrons. The lowest BCUT2D eigenvalue weighted by Gasteiger charge is -2.03. The summed E-state index contributed by atoms with van der Waals surface area (Å²) in [6.07, 6.45) is 19.0. The Morgan fingerprint density at radius 2 is 0.833 bits per heavy atom. The number of unbranched alkanes of at least 4 members (excludes halogenated alkanes) is 11. The minimum atomic E-state index is 0.840. The van der Waals surface area contributed by atoms with Gasteiger partial charge in [-0.3, -0.25) is 0 Å². The highest BCUT2D eigenvalue weighted by molar-refractivity contribution is 14.2. The predicted molar refractivity (Wildman–Crippen MR) is 111 cm³/mol. The summed E-state index contributed by atoms with van der Waals surface area (Å²) in [5.74, 6) is 0. The first kappa shape index (κ1) is 20.2. The molecule has 0 unspecified atom stereocenters. The van der Waals surface area contributed by atoms with E-state index in [0.29, 0.717) is 0 Å². The van der Waals surface area contributed by atoms with Crippen molar-refractivity contribution in [2.75, 3.05) is 4.43 Å². The second-order valence-corrected chi connectivity index (χ2v) is 11.6. The molecule has 3 heteroatoms. The first-order valence-corrected chi connectivity index (χ1v) is 11.6. The van der Waals surface area contributed by atoms with E-state index in [1.54, 1.807) is 0 Å². The van der Waals surface area contributed by atoms with Gasteiger partial charge in [-0.2, -0.15) is 0 Å². The number of hydrogen-bond donors (Lipinski definition) is 0. The van der Waals surface area contributed by atoms with Gasteiger partial charge in [-0.25, -0.2) is 0 Å². The van der Waals surface area contributed by atoms with Crippen molar-refractivity contribution >= 4 is 67.8 Å². The van der Waals surface area contributed by atoms with Crippen LogP contribution in [-0.4, -0.2) is 6.36 Å². The second kappa shape index (κ2) is 17.2. The summed E-state index contributed by atoms with van der Waals surface area (Å²) in [5.41, 5.74) is 0. The van der Waals surface area contributed by atoms with E-state index < -0.39 is 0 Å². The molecule has 0 aromatic carbocycles. The zero-order chi connectivity index (χ0) is 13.5. The quantitative estimate of drug-likeness (QED) is 0.111. The van der Waals surface area contributed by atoms with Gasteiger partial charge in [0.1, 0.15) is 0 Å². The minimum absolute atomic E-state index is 0.840. The SMILES string of the molecule is ICCCCCCCCCCCCCCC(I)I. The van der Waals surface area contributed by atoms with Gasteiger partial charge in [-0.05, 0) is 17.3 Å². The summed E-state index contributed by atoms with van der Waals surface area (Å²) >= 11 is 7.53. The van der Waals surface area contributed by atoms with Crippen molar-refractivity contribution in [1.29, 1.82) is 0 Å². The van der Waals surface area contributed by atoms with E-state index in [4.69, 9.17) is 0 Å². The van der Waals surface area contributed by atoms with Crippen molar-refractivity contribution in [2.24, 2.45) is 0 Å². The van der Waals surface area contributed by atoms with Gasteiger partial charge in [0.25, 0.3) is 0 Å². The molecular weight excluding hydrogens is 561 g/mol. The van der Waals surface area contributed by atoms with E-state index in [0.717, 1.165) is 1.93 Å². The Hall–Kier alpha value is 2.19. The van der Waals surface area contributed by atoms with Gasteiger partial charge in [0.15, 0.2) is 0 Å². The van der Waals surface area contributed by atoms with E-state index >= 15 is 0 Å². The van der Waals surface area contributed by atoms with Gasteiger partial charge in [-0.1, -0.05) is 138 Å². The lowest BCUT2D eigenvalue weighted by molar-refractivity contribution is 0.543. The van der Waals surface area contributed by atoms with Crippen molar-refractivity contribution in [3.63, 3.8) is 0 Å². The largest absolute Gasteiger partial charge is 0.0864 e. The number of halogens is 3. The van der Waals surface area contributed by atoms with Gasteiger partial charge >= 0.3 is 0 Å². The van der Waals surface area contributed by atoms with Crippen molar-refractivity contribution in [1.82, 2.24) is 0 Å². The molecule has 0 spiro atoms. The average Bonchev–Trinajstić information content (AvgIpc) is 2.34. The van der Waals surface area contributed by atoms with Crippen LogP contribution in [0.1, 0.15) is 83.5 Å². The lowest BCUT2D eigenvalue weighted by Crippen LogP contribution is -1.86. The third-order valence-electron chi connectivity index (χ3n) is 3.31. The molecule has 0 amide bonds. The number of rotatable bonds is 14. The van der Waals surface area contributed by atoms with E-state index in [-0.39, 0.29) is 0 Å². The zero-order valence-electron chi connectivity index (χ0n) is 11.6. The molecule has 18 heavy (non-hydrogen) atoms. The fourth-order valence-corrected chi connectivity index (χ4v) is 3.58. The Morgan fingerprint density at radius 1 is 0.500 bits per heavy atom. The van der Waals surface area contributed by atoms with Crippen molar-refractivity contribution in [3.8, 4) is 0 Å². The van der Waals surface area contributed by atoms with Gasteiger partial charge in [0.05, 0.1) is 1.93 Å². The molecule has 0 bridgehead atoms. The topological polar surface area (TPSA) is 0 Å². The first-order valence-electron chi connectivity index (χ1n) is 7.61. The van der Waals surface area contributed by atoms with Crippen LogP contribution < -0.4 is 0 Å². The molecule has 0 aliphatic carbocycles. The molecule has 0 aliphatic rings. The fourth-order valence-electron chi connectivity index (χ4n) is 2.16. The third kappa shape index (κ3) is 18.2. The van der Waals surface area contributed by atoms with Gasteiger partial charge in [-0.15, -0.1) is 0 Å². The Kier molecular flexibility index (Phi) is 19.3. The molecule has 0 aliphatic heterocycles. The zero-order valence-corrected chi connectivity index (χ0v) is 18.1. The van der Waals surface area contributed by atoms with Crippen LogP contribution in [0, 0.1) is 0 Å². The van der Waals surface area contributed by atoms with Crippen LogP contribution in [-0.2, 0) is 0 Å². The van der Waals surface area contributed by atoms with Crippen LogP contribution in [0.2, 0.25) is 0 Å². The van der Waals surface area contributed by atoms with Crippen LogP contribution in [0.15, 0.2) is 0 Å². The summed E-state index contributed by atoms with van der Waals surface area (Å²) in [5, 5.41) is 0. The standard InChI is InChI=1S/C15H29I3/c16-14-12-10-8-6-4-2-1-3-5-7-9-11-13-15(17)18/h15H,1-14H2. The summed E-state index contributed by atoms with van der Waals surface area (Å²) in [4.78, 5) is 0. The normalized spacial score (nSPS) is 11.3. The number of alkyl halides is 3. The Morgan fingerprint density at radius 3 is 1.17 bits per heavy atom. The summed E-state index contributed by atoms with van der Waals surface area (Å²) in [6.45, 7) is 0. The van der Waals surface area contributed by atoms with Gasteiger partial charge < -0.3 is 0 Å². The smallest absolute Gasteiger partial charge is 0.0626 e. The molecule has 0 nitrogen and oxygen atoms in total. The molecule has 0 saturated carbocycles. The molecule has 0 N–H and O–H groups in total. The molecule has 0 fully saturated rings. The third-order valence-corrected chi connectivity index (χ3v) is 5.31. The van der Waals surface area contributed by atoms with Crippen LogP contribution >= 0.6 is 67.8 Å². The van der Waals surface area contributed by atoms with Crippen molar-refractivity contribution < 1.29 is 0 Å². The molecule has 0 atom stereocenters. The summed E-state index contributed by atoms with van der Waals surface area (Å²) < 4.78 is 2.18. The molecule has 0 aromatic rings. The molecule has 0 heterocycles. The Balaban J connectivity index is 2.90. The maximum atomic E-state index is 2.52. The highest BCUT2D eigenvalue weighted by atomic mass is 127. The molecule has 0 aromatic heterocycles. The van der Waals surface area contributed by atoms with E-state index in [9.17, 15) is 0 Å². The van der Waals surface area contributed by atoms with E-state index in [1.807, 2.05) is 0 Å².